The van der Waals surface area contributed by atoms with Gasteiger partial charge in [-0.3, -0.25) is 10.1 Å². The minimum atomic E-state index is -5.01. The number of halogens is 3. The van der Waals surface area contributed by atoms with Crippen LogP contribution in [0.2, 0.25) is 0 Å². The molecule has 0 amide bonds. The average Bonchev–Trinajstić information content (AvgIpc) is 2.36. The topological polar surface area (TPSA) is 105 Å². The van der Waals surface area contributed by atoms with Crippen molar-refractivity contribution in [3.05, 3.63) is 40.1 Å². The molecule has 0 unspecified atom stereocenters. The molecule has 0 radical (unpaired) electrons. The molecule has 0 aliphatic carbocycles. The maximum atomic E-state index is 12.9. The Morgan fingerprint density at radius 2 is 2.13 bits per heavy atom. The minimum absolute atomic E-state index is 0. The van der Waals surface area contributed by atoms with Gasteiger partial charge in [0.2, 0.25) is 5.88 Å². The van der Waals surface area contributed by atoms with Gasteiger partial charge in [-0.15, -0.1) is 6.58 Å². The first kappa shape index (κ1) is 20.9. The van der Waals surface area contributed by atoms with E-state index in [-0.39, 0.29) is 31.3 Å². The van der Waals surface area contributed by atoms with Gasteiger partial charge in [-0.2, -0.15) is 13.2 Å². The Kier molecular flexibility index (Phi) is 7.27. The summed E-state index contributed by atoms with van der Waals surface area (Å²) in [7, 11) is 0. The van der Waals surface area contributed by atoms with Crippen LogP contribution in [0.1, 0.15) is 29.4 Å². The number of aromatic nitrogens is 1. The van der Waals surface area contributed by atoms with Gasteiger partial charge in [0, 0.05) is 12.5 Å². The van der Waals surface area contributed by atoms with Crippen molar-refractivity contribution >= 4 is 11.7 Å². The maximum Gasteiger partial charge on any atom is 1.00 e. The number of hydrogen-bond acceptors (Lipinski definition) is 6. The number of carboxylic acid groups (broad SMARTS) is 1. The number of ether oxygens (including phenoxy) is 1. The van der Waals surface area contributed by atoms with E-state index in [1.165, 1.54) is 13.0 Å². The van der Waals surface area contributed by atoms with Gasteiger partial charge in [0.1, 0.15) is 11.7 Å². The summed E-state index contributed by atoms with van der Waals surface area (Å²) in [6.07, 6.45) is -4.26. The predicted octanol–water partition coefficient (Wildman–Crippen LogP) is -1.28. The molecule has 0 fully saturated rings. The van der Waals surface area contributed by atoms with Crippen molar-refractivity contribution in [3.63, 3.8) is 0 Å². The fourth-order valence-electron chi connectivity index (χ4n) is 1.54. The Labute approximate surface area is 140 Å². The van der Waals surface area contributed by atoms with Crippen molar-refractivity contribution in [2.45, 2.75) is 25.6 Å². The van der Waals surface area contributed by atoms with Crippen LogP contribution in [-0.2, 0) is 6.18 Å². The van der Waals surface area contributed by atoms with E-state index >= 15 is 0 Å². The Bertz CT molecular complexity index is 621. The summed E-state index contributed by atoms with van der Waals surface area (Å²) in [6, 6.07) is 0.0636. The number of alkyl halides is 3. The summed E-state index contributed by atoms with van der Waals surface area (Å²) in [5.74, 6) is -3.15. The van der Waals surface area contributed by atoms with E-state index in [1.807, 2.05) is 0 Å². The second kappa shape index (κ2) is 7.98. The number of carbonyl (C=O) groups is 1. The van der Waals surface area contributed by atoms with Crippen molar-refractivity contribution in [3.8, 4) is 5.88 Å². The van der Waals surface area contributed by atoms with Crippen LogP contribution in [-0.4, -0.2) is 22.0 Å². The standard InChI is InChI=1S/C12H11F3N2O5.Li/c1-3-4-6(2)22-10-7(12(13,14)15)5-8(17(20)21)9(16-10)11(18)19;/h3,5-6H,1,4H2,2H3,(H,18,19);/q;+1/p-1/t6-;/m1./s1. The zero-order valence-electron chi connectivity index (χ0n) is 12.2. The summed E-state index contributed by atoms with van der Waals surface area (Å²) in [4.78, 5) is 23.3. The number of aromatic carboxylic acids is 1. The van der Waals surface area contributed by atoms with E-state index in [2.05, 4.69) is 11.6 Å². The summed E-state index contributed by atoms with van der Waals surface area (Å²) in [5.41, 5.74) is -4.10. The fraction of sp³-hybridized carbons (Fsp3) is 0.333. The first-order chi connectivity index (χ1) is 10.1. The van der Waals surface area contributed by atoms with Crippen LogP contribution in [0.15, 0.2) is 18.7 Å². The Morgan fingerprint density at radius 3 is 2.52 bits per heavy atom. The van der Waals surface area contributed by atoms with Crippen LogP contribution in [0.25, 0.3) is 0 Å². The zero-order valence-corrected chi connectivity index (χ0v) is 12.2. The van der Waals surface area contributed by atoms with E-state index in [0.29, 0.717) is 0 Å². The number of hydrogen-bond donors (Lipinski definition) is 0. The van der Waals surface area contributed by atoms with Gasteiger partial charge in [0.05, 0.1) is 10.9 Å². The zero-order chi connectivity index (χ0) is 17.1. The molecule has 0 aliphatic rings. The molecule has 23 heavy (non-hydrogen) atoms. The van der Waals surface area contributed by atoms with Crippen molar-refractivity contribution in [2.75, 3.05) is 0 Å². The van der Waals surface area contributed by atoms with Crippen LogP contribution < -0.4 is 28.7 Å². The number of nitro groups is 1. The average molecular weight is 326 g/mol. The van der Waals surface area contributed by atoms with E-state index in [4.69, 9.17) is 4.74 Å². The largest absolute Gasteiger partial charge is 1.00 e. The number of rotatable bonds is 6. The van der Waals surface area contributed by atoms with Gasteiger partial charge in [-0.1, -0.05) is 6.08 Å². The molecule has 0 saturated carbocycles. The molecular formula is C12H10F3LiN2O5. The molecule has 1 heterocycles. The van der Waals surface area contributed by atoms with Crippen molar-refractivity contribution in [1.29, 1.82) is 0 Å². The van der Waals surface area contributed by atoms with Crippen LogP contribution in [0.3, 0.4) is 0 Å². The molecule has 0 aromatic carbocycles. The Hall–Kier alpha value is -2.05. The summed E-state index contributed by atoms with van der Waals surface area (Å²) < 4.78 is 43.7. The molecule has 120 valence electrons. The number of nitrogens with zero attached hydrogens (tertiary/aromatic N) is 2. The number of carboxylic acids is 1. The van der Waals surface area contributed by atoms with E-state index in [1.54, 1.807) is 0 Å². The third-order valence-electron chi connectivity index (χ3n) is 2.47. The first-order valence-electron chi connectivity index (χ1n) is 5.83. The van der Waals surface area contributed by atoms with Crippen LogP contribution in [0.4, 0.5) is 18.9 Å². The van der Waals surface area contributed by atoms with Crippen LogP contribution in [0.5, 0.6) is 5.88 Å². The smallest absolute Gasteiger partial charge is 0.543 e. The molecular weight excluding hydrogens is 316 g/mol. The van der Waals surface area contributed by atoms with Gasteiger partial charge in [0.15, 0.2) is 5.69 Å². The summed E-state index contributed by atoms with van der Waals surface area (Å²) in [5, 5.41) is 21.5. The van der Waals surface area contributed by atoms with Gasteiger partial charge in [-0.05, 0) is 6.92 Å². The van der Waals surface area contributed by atoms with Gasteiger partial charge in [-0.25, -0.2) is 4.98 Å². The first-order valence-corrected chi connectivity index (χ1v) is 5.83. The molecule has 0 aliphatic heterocycles. The Balaban J connectivity index is 0.00000484. The van der Waals surface area contributed by atoms with Crippen molar-refractivity contribution in [2.24, 2.45) is 0 Å². The molecule has 7 nitrogen and oxygen atoms in total. The molecule has 0 N–H and O–H groups in total. The molecule has 0 bridgehead atoms. The van der Waals surface area contributed by atoms with E-state index in [9.17, 15) is 33.2 Å². The SMILES string of the molecule is C=CC[C@@H](C)Oc1nc(C(=O)[O-])c([N+](=O)[O-])cc1C(F)(F)F.[Li+]. The molecule has 1 aromatic heterocycles. The third kappa shape index (κ3) is 5.26. The number of pyridine rings is 1. The molecule has 1 aromatic rings. The van der Waals surface area contributed by atoms with Crippen molar-refractivity contribution < 1.29 is 51.6 Å². The third-order valence-corrected chi connectivity index (χ3v) is 2.47. The molecule has 1 atom stereocenters. The van der Waals surface area contributed by atoms with Gasteiger partial charge < -0.3 is 14.6 Å². The summed E-state index contributed by atoms with van der Waals surface area (Å²) >= 11 is 0. The monoisotopic (exact) mass is 326 g/mol. The van der Waals surface area contributed by atoms with Crippen LogP contribution in [0, 0.1) is 10.1 Å². The predicted molar refractivity (Wildman–Crippen MR) is 65.1 cm³/mol. The van der Waals surface area contributed by atoms with Crippen LogP contribution >= 0.6 is 0 Å². The van der Waals surface area contributed by atoms with Gasteiger partial charge >= 0.3 is 25.0 Å². The molecule has 0 spiro atoms. The molecule has 1 rings (SSSR count). The molecule has 11 heteroatoms. The second-order valence-electron chi connectivity index (χ2n) is 4.20. The van der Waals surface area contributed by atoms with Gasteiger partial charge in [0.25, 0.3) is 5.69 Å². The second-order valence-corrected chi connectivity index (χ2v) is 4.20. The molecule has 0 saturated heterocycles. The fourth-order valence-corrected chi connectivity index (χ4v) is 1.54. The number of carbonyl (C=O) groups excluding carboxylic acids is 1. The summed E-state index contributed by atoms with van der Waals surface area (Å²) in [6.45, 7) is 4.79. The van der Waals surface area contributed by atoms with Crippen molar-refractivity contribution in [1.82, 2.24) is 4.98 Å². The quantitative estimate of drug-likeness (QED) is 0.279. The Morgan fingerprint density at radius 1 is 1.57 bits per heavy atom. The normalized spacial score (nSPS) is 12.0. The minimum Gasteiger partial charge on any atom is -0.543 e. The van der Waals surface area contributed by atoms with E-state index < -0.39 is 46.0 Å². The van der Waals surface area contributed by atoms with E-state index in [0.717, 1.165) is 0 Å². The maximum absolute atomic E-state index is 12.9.